The minimum atomic E-state index is 0.138. The molecule has 2 heterocycles. The Labute approximate surface area is 101 Å². The molecule has 0 bridgehead atoms. The van der Waals surface area contributed by atoms with E-state index in [9.17, 15) is 0 Å². The topological polar surface area (TPSA) is 95.6 Å². The summed E-state index contributed by atoms with van der Waals surface area (Å²) in [5, 5.41) is 4.33. The van der Waals surface area contributed by atoms with Gasteiger partial charge in [0, 0.05) is 6.07 Å². The molecular weight excluding hydrogens is 272 g/mol. The normalized spacial score (nSPS) is 10.7. The van der Waals surface area contributed by atoms with E-state index in [1.807, 2.05) is 13.8 Å². The van der Waals surface area contributed by atoms with Gasteiger partial charge in [-0.25, -0.2) is 4.68 Å². The van der Waals surface area contributed by atoms with Crippen molar-refractivity contribution in [2.75, 3.05) is 11.5 Å². The van der Waals surface area contributed by atoms with Crippen molar-refractivity contribution in [1.82, 2.24) is 19.7 Å². The van der Waals surface area contributed by atoms with E-state index in [4.69, 9.17) is 11.5 Å². The standard InChI is InChI=1S/C9H11BrN6/c1-4-8(10)5(2)16(15-4)7-3-6(11)13-9(12)14-7/h3H,1-2H3,(H4,11,12,13,14). The lowest BCUT2D eigenvalue weighted by Crippen LogP contribution is -2.07. The van der Waals surface area contributed by atoms with E-state index < -0.39 is 0 Å². The van der Waals surface area contributed by atoms with Crippen molar-refractivity contribution in [1.29, 1.82) is 0 Å². The van der Waals surface area contributed by atoms with Crippen molar-refractivity contribution < 1.29 is 0 Å². The molecule has 6 nitrogen and oxygen atoms in total. The second-order valence-electron chi connectivity index (χ2n) is 3.41. The molecule has 0 aliphatic heterocycles. The van der Waals surface area contributed by atoms with E-state index in [0.717, 1.165) is 15.9 Å². The molecule has 0 amide bonds. The summed E-state index contributed by atoms with van der Waals surface area (Å²) in [5.74, 6) is 1.03. The first-order valence-corrected chi connectivity index (χ1v) is 5.40. The molecule has 0 aliphatic rings. The van der Waals surface area contributed by atoms with Gasteiger partial charge in [-0.2, -0.15) is 15.1 Å². The average molecular weight is 283 g/mol. The van der Waals surface area contributed by atoms with E-state index >= 15 is 0 Å². The van der Waals surface area contributed by atoms with Crippen LogP contribution in [-0.4, -0.2) is 19.7 Å². The number of rotatable bonds is 1. The quantitative estimate of drug-likeness (QED) is 0.820. The molecule has 0 unspecified atom stereocenters. The third-order valence-electron chi connectivity index (χ3n) is 2.17. The van der Waals surface area contributed by atoms with E-state index in [0.29, 0.717) is 11.6 Å². The zero-order valence-corrected chi connectivity index (χ0v) is 10.5. The highest BCUT2D eigenvalue weighted by Gasteiger charge is 2.12. The van der Waals surface area contributed by atoms with Crippen molar-refractivity contribution in [3.63, 3.8) is 0 Å². The van der Waals surface area contributed by atoms with Gasteiger partial charge in [0.25, 0.3) is 0 Å². The Morgan fingerprint density at radius 1 is 1.25 bits per heavy atom. The van der Waals surface area contributed by atoms with Gasteiger partial charge in [0.15, 0.2) is 5.82 Å². The second kappa shape index (κ2) is 3.75. The molecular formula is C9H11BrN6. The molecule has 7 heteroatoms. The largest absolute Gasteiger partial charge is 0.383 e. The first kappa shape index (κ1) is 10.9. The van der Waals surface area contributed by atoms with Crippen LogP contribution in [0.5, 0.6) is 0 Å². The molecule has 0 fully saturated rings. The third kappa shape index (κ3) is 1.73. The Bertz CT molecular complexity index is 527. The van der Waals surface area contributed by atoms with Gasteiger partial charge in [0.2, 0.25) is 5.95 Å². The van der Waals surface area contributed by atoms with Crippen molar-refractivity contribution in [2.24, 2.45) is 0 Å². The highest BCUT2D eigenvalue weighted by atomic mass is 79.9. The third-order valence-corrected chi connectivity index (χ3v) is 3.32. The van der Waals surface area contributed by atoms with Gasteiger partial charge in [-0.1, -0.05) is 0 Å². The fourth-order valence-corrected chi connectivity index (χ4v) is 1.67. The number of hydrogen-bond acceptors (Lipinski definition) is 5. The van der Waals surface area contributed by atoms with Crippen LogP contribution in [0.1, 0.15) is 11.4 Å². The predicted molar refractivity (Wildman–Crippen MR) is 65.2 cm³/mol. The number of nitrogen functional groups attached to an aromatic ring is 2. The van der Waals surface area contributed by atoms with Crippen LogP contribution in [0.15, 0.2) is 10.5 Å². The summed E-state index contributed by atoms with van der Waals surface area (Å²) in [5.41, 5.74) is 13.0. The molecule has 0 radical (unpaired) electrons. The predicted octanol–water partition coefficient (Wildman–Crippen LogP) is 1.21. The second-order valence-corrected chi connectivity index (χ2v) is 4.20. The highest BCUT2D eigenvalue weighted by molar-refractivity contribution is 9.10. The van der Waals surface area contributed by atoms with Crippen LogP contribution in [0.3, 0.4) is 0 Å². The van der Waals surface area contributed by atoms with Crippen molar-refractivity contribution >= 4 is 27.7 Å². The van der Waals surface area contributed by atoms with Crippen molar-refractivity contribution in [3.05, 3.63) is 21.9 Å². The summed E-state index contributed by atoms with van der Waals surface area (Å²) in [6.45, 7) is 3.83. The number of hydrogen-bond donors (Lipinski definition) is 2. The first-order chi connectivity index (χ1) is 7.49. The number of nitrogens with zero attached hydrogens (tertiary/aromatic N) is 4. The lowest BCUT2D eigenvalue weighted by Gasteiger charge is -2.04. The number of aryl methyl sites for hydroxylation is 1. The zero-order chi connectivity index (χ0) is 11.9. The fraction of sp³-hybridized carbons (Fsp3) is 0.222. The van der Waals surface area contributed by atoms with Gasteiger partial charge in [0.05, 0.1) is 15.9 Å². The van der Waals surface area contributed by atoms with Crippen LogP contribution < -0.4 is 11.5 Å². The summed E-state index contributed by atoms with van der Waals surface area (Å²) < 4.78 is 2.62. The molecule has 0 aliphatic carbocycles. The summed E-state index contributed by atoms with van der Waals surface area (Å²) in [7, 11) is 0. The van der Waals surface area contributed by atoms with E-state index in [2.05, 4.69) is 31.0 Å². The molecule has 4 N–H and O–H groups in total. The molecule has 0 saturated heterocycles. The smallest absolute Gasteiger partial charge is 0.224 e. The van der Waals surface area contributed by atoms with Gasteiger partial charge in [-0.05, 0) is 29.8 Å². The Morgan fingerprint density at radius 3 is 2.44 bits per heavy atom. The SMILES string of the molecule is Cc1nn(-c2cc(N)nc(N)n2)c(C)c1Br. The van der Waals surface area contributed by atoms with E-state index in [-0.39, 0.29) is 5.95 Å². The summed E-state index contributed by atoms with van der Waals surface area (Å²) in [6.07, 6.45) is 0. The van der Waals surface area contributed by atoms with Crippen LogP contribution in [0.25, 0.3) is 5.82 Å². The van der Waals surface area contributed by atoms with Crippen LogP contribution in [0.2, 0.25) is 0 Å². The Hall–Kier alpha value is -1.63. The Balaban J connectivity index is 2.62. The lowest BCUT2D eigenvalue weighted by molar-refractivity contribution is 0.804. The molecule has 0 atom stereocenters. The minimum Gasteiger partial charge on any atom is -0.383 e. The van der Waals surface area contributed by atoms with E-state index in [1.54, 1.807) is 10.7 Å². The number of halogens is 1. The van der Waals surface area contributed by atoms with Gasteiger partial charge >= 0.3 is 0 Å². The molecule has 0 aromatic carbocycles. The van der Waals surface area contributed by atoms with Crippen LogP contribution >= 0.6 is 15.9 Å². The average Bonchev–Trinajstić information content (AvgIpc) is 2.44. The van der Waals surface area contributed by atoms with Crippen molar-refractivity contribution in [2.45, 2.75) is 13.8 Å². The lowest BCUT2D eigenvalue weighted by atomic mass is 10.4. The maximum Gasteiger partial charge on any atom is 0.224 e. The fourth-order valence-electron chi connectivity index (χ4n) is 1.43. The highest BCUT2D eigenvalue weighted by Crippen LogP contribution is 2.22. The molecule has 0 spiro atoms. The van der Waals surface area contributed by atoms with Gasteiger partial charge in [-0.15, -0.1) is 0 Å². The van der Waals surface area contributed by atoms with E-state index in [1.165, 1.54) is 0 Å². The van der Waals surface area contributed by atoms with Crippen LogP contribution in [-0.2, 0) is 0 Å². The number of nitrogens with two attached hydrogens (primary N) is 2. The number of aromatic nitrogens is 4. The summed E-state index contributed by atoms with van der Waals surface area (Å²) >= 11 is 3.45. The Kier molecular flexibility index (Phi) is 2.55. The summed E-state index contributed by atoms with van der Waals surface area (Å²) in [4.78, 5) is 7.90. The molecule has 2 aromatic heterocycles. The maximum absolute atomic E-state index is 5.61. The molecule has 84 valence electrons. The monoisotopic (exact) mass is 282 g/mol. The zero-order valence-electron chi connectivity index (χ0n) is 8.90. The molecule has 2 rings (SSSR count). The van der Waals surface area contributed by atoms with Gasteiger partial charge in [0.1, 0.15) is 5.82 Å². The Morgan fingerprint density at radius 2 is 1.94 bits per heavy atom. The van der Waals surface area contributed by atoms with Gasteiger partial charge < -0.3 is 11.5 Å². The molecule has 16 heavy (non-hydrogen) atoms. The maximum atomic E-state index is 5.61. The molecule has 2 aromatic rings. The van der Waals surface area contributed by atoms with Crippen molar-refractivity contribution in [3.8, 4) is 5.82 Å². The van der Waals surface area contributed by atoms with Crippen LogP contribution in [0, 0.1) is 13.8 Å². The first-order valence-electron chi connectivity index (χ1n) is 4.61. The van der Waals surface area contributed by atoms with Crippen LogP contribution in [0.4, 0.5) is 11.8 Å². The molecule has 0 saturated carbocycles. The minimum absolute atomic E-state index is 0.138. The van der Waals surface area contributed by atoms with Gasteiger partial charge in [-0.3, -0.25) is 0 Å². The number of anilines is 2. The summed E-state index contributed by atoms with van der Waals surface area (Å²) in [6, 6.07) is 1.63.